The largest absolute Gasteiger partial charge is 0.463 e. The molecule has 0 aromatic carbocycles. The molecule has 1 aromatic heterocycles. The lowest BCUT2D eigenvalue weighted by Crippen LogP contribution is -1.99. The fourth-order valence-electron chi connectivity index (χ4n) is 1.63. The van der Waals surface area contributed by atoms with E-state index in [-0.39, 0.29) is 5.63 Å². The molecule has 3 heteroatoms. The molecule has 3 rings (SSSR count). The highest BCUT2D eigenvalue weighted by Gasteiger charge is 2.12. The Kier molecular flexibility index (Phi) is 1.31. The second-order valence-electron chi connectivity index (χ2n) is 3.08. The number of fused-ring (bicyclic) bond motifs is 3. The average Bonchev–Trinajstić information content (AvgIpc) is 2.65. The highest BCUT2D eigenvalue weighted by Crippen LogP contribution is 2.29. The van der Waals surface area contributed by atoms with Crippen LogP contribution < -0.4 is 5.63 Å². The van der Waals surface area contributed by atoms with Gasteiger partial charge in [-0.1, -0.05) is 18.2 Å². The third-order valence-electron chi connectivity index (χ3n) is 2.28. The molecule has 3 nitrogen and oxygen atoms in total. The van der Waals surface area contributed by atoms with Crippen molar-refractivity contribution in [2.45, 2.75) is 0 Å². The molecule has 1 aromatic rings. The van der Waals surface area contributed by atoms with Gasteiger partial charge in [-0.2, -0.15) is 0 Å². The molecule has 0 amide bonds. The summed E-state index contributed by atoms with van der Waals surface area (Å²) in [4.78, 5) is 11.5. The van der Waals surface area contributed by atoms with Crippen LogP contribution in [0, 0.1) is 0 Å². The standard InChI is InChI=1S/C11H6O3/c12-11-10-8-3-1-2-7(8)6-14-9(10)4-5-13-11/h1-6H. The first kappa shape index (κ1) is 7.38. The number of hydrogen-bond donors (Lipinski definition) is 0. The highest BCUT2D eigenvalue weighted by atomic mass is 16.4. The summed E-state index contributed by atoms with van der Waals surface area (Å²) in [5, 5.41) is 0.509. The van der Waals surface area contributed by atoms with Crippen LogP contribution in [-0.4, -0.2) is 0 Å². The van der Waals surface area contributed by atoms with Crippen LogP contribution in [0.1, 0.15) is 0 Å². The van der Waals surface area contributed by atoms with Gasteiger partial charge in [0.2, 0.25) is 0 Å². The van der Waals surface area contributed by atoms with Gasteiger partial charge in [-0.3, -0.25) is 0 Å². The third-order valence-corrected chi connectivity index (χ3v) is 2.28. The molecule has 2 aliphatic rings. The zero-order chi connectivity index (χ0) is 9.54. The van der Waals surface area contributed by atoms with Crippen molar-refractivity contribution < 1.29 is 8.83 Å². The van der Waals surface area contributed by atoms with E-state index >= 15 is 0 Å². The second-order valence-corrected chi connectivity index (χ2v) is 3.08. The summed E-state index contributed by atoms with van der Waals surface area (Å²) in [5.74, 6) is 0. The Morgan fingerprint density at radius 1 is 1.07 bits per heavy atom. The van der Waals surface area contributed by atoms with Crippen molar-refractivity contribution in [1.82, 2.24) is 0 Å². The monoisotopic (exact) mass is 186 g/mol. The van der Waals surface area contributed by atoms with E-state index in [1.807, 2.05) is 18.2 Å². The lowest BCUT2D eigenvalue weighted by atomic mass is 10.1. The van der Waals surface area contributed by atoms with Crippen molar-refractivity contribution in [3.63, 3.8) is 0 Å². The van der Waals surface area contributed by atoms with Crippen LogP contribution in [0.3, 0.4) is 0 Å². The van der Waals surface area contributed by atoms with Crippen molar-refractivity contribution in [2.75, 3.05) is 0 Å². The highest BCUT2D eigenvalue weighted by molar-refractivity contribution is 5.93. The summed E-state index contributed by atoms with van der Waals surface area (Å²) in [6, 6.07) is 7.30. The van der Waals surface area contributed by atoms with Crippen molar-refractivity contribution in [3.05, 3.63) is 47.2 Å². The molecule has 0 atom stereocenters. The van der Waals surface area contributed by atoms with Gasteiger partial charge in [-0.25, -0.2) is 4.79 Å². The van der Waals surface area contributed by atoms with E-state index in [2.05, 4.69) is 0 Å². The van der Waals surface area contributed by atoms with Crippen LogP contribution in [0.4, 0.5) is 0 Å². The van der Waals surface area contributed by atoms with Crippen LogP contribution in [-0.2, 0) is 0 Å². The first-order valence-electron chi connectivity index (χ1n) is 4.24. The smallest absolute Gasteiger partial charge is 0.347 e. The molecule has 0 fully saturated rings. The van der Waals surface area contributed by atoms with E-state index in [1.54, 1.807) is 12.3 Å². The molecule has 0 radical (unpaired) electrons. The fourth-order valence-corrected chi connectivity index (χ4v) is 1.63. The van der Waals surface area contributed by atoms with E-state index in [9.17, 15) is 4.79 Å². The summed E-state index contributed by atoms with van der Waals surface area (Å²) < 4.78 is 10.1. The third kappa shape index (κ3) is 0.836. The maximum absolute atomic E-state index is 11.5. The Labute approximate surface area is 78.9 Å². The summed E-state index contributed by atoms with van der Waals surface area (Å²) in [6.45, 7) is 0. The van der Waals surface area contributed by atoms with Gasteiger partial charge in [0.1, 0.15) is 11.0 Å². The van der Waals surface area contributed by atoms with Gasteiger partial charge < -0.3 is 8.83 Å². The number of rotatable bonds is 0. The molecule has 0 N–H and O–H groups in total. The van der Waals surface area contributed by atoms with Crippen LogP contribution in [0.5, 0.6) is 0 Å². The Balaban J connectivity index is 2.66. The molecular formula is C11H6O3. The zero-order valence-corrected chi connectivity index (χ0v) is 7.19. The molecule has 1 aliphatic heterocycles. The minimum absolute atomic E-state index is 0.358. The molecule has 0 saturated heterocycles. The molecule has 2 heterocycles. The van der Waals surface area contributed by atoms with Crippen LogP contribution >= 0.6 is 0 Å². The normalized spacial score (nSPS) is 11.1. The summed E-state index contributed by atoms with van der Waals surface area (Å²) >= 11 is 0. The van der Waals surface area contributed by atoms with E-state index in [4.69, 9.17) is 8.83 Å². The molecule has 68 valence electrons. The van der Waals surface area contributed by atoms with Gasteiger partial charge >= 0.3 is 5.63 Å². The first-order valence-corrected chi connectivity index (χ1v) is 4.24. The molecule has 0 bridgehead atoms. The van der Waals surface area contributed by atoms with Crippen LogP contribution in [0.2, 0.25) is 0 Å². The molecule has 1 aliphatic carbocycles. The topological polar surface area (TPSA) is 43.4 Å². The van der Waals surface area contributed by atoms with Crippen molar-refractivity contribution in [3.8, 4) is 11.1 Å². The Bertz CT molecular complexity index is 618. The molecule has 0 spiro atoms. The van der Waals surface area contributed by atoms with Gasteiger partial charge in [0.15, 0.2) is 0 Å². The van der Waals surface area contributed by atoms with E-state index < -0.39 is 0 Å². The Morgan fingerprint density at radius 3 is 2.93 bits per heavy atom. The lowest BCUT2D eigenvalue weighted by molar-refractivity contribution is 0.511. The molecule has 0 unspecified atom stereocenters. The predicted molar refractivity (Wildman–Crippen MR) is 51.4 cm³/mol. The van der Waals surface area contributed by atoms with E-state index in [1.165, 1.54) is 6.26 Å². The van der Waals surface area contributed by atoms with Crippen LogP contribution in [0.15, 0.2) is 50.4 Å². The van der Waals surface area contributed by atoms with Crippen molar-refractivity contribution >= 4 is 11.0 Å². The van der Waals surface area contributed by atoms with E-state index in [0.717, 1.165) is 11.1 Å². The zero-order valence-electron chi connectivity index (χ0n) is 7.19. The maximum Gasteiger partial charge on any atom is 0.347 e. The van der Waals surface area contributed by atoms with Gasteiger partial charge in [-0.05, 0) is 0 Å². The molecule has 0 saturated carbocycles. The fraction of sp³-hybridized carbons (Fsp3) is 0. The second kappa shape index (κ2) is 2.48. The van der Waals surface area contributed by atoms with Gasteiger partial charge in [0.05, 0.1) is 12.5 Å². The summed E-state index contributed by atoms with van der Waals surface area (Å²) in [6.07, 6.45) is 2.97. The quantitative estimate of drug-likeness (QED) is 0.541. The summed E-state index contributed by atoms with van der Waals surface area (Å²) in [5.41, 5.74) is 1.99. The Morgan fingerprint density at radius 2 is 2.00 bits per heavy atom. The summed E-state index contributed by atoms with van der Waals surface area (Å²) in [7, 11) is 0. The van der Waals surface area contributed by atoms with Gasteiger partial charge in [0, 0.05) is 17.2 Å². The van der Waals surface area contributed by atoms with Gasteiger partial charge in [-0.15, -0.1) is 0 Å². The van der Waals surface area contributed by atoms with Crippen LogP contribution in [0.25, 0.3) is 22.1 Å². The van der Waals surface area contributed by atoms with Crippen molar-refractivity contribution in [1.29, 1.82) is 0 Å². The van der Waals surface area contributed by atoms with Gasteiger partial charge in [0.25, 0.3) is 0 Å². The first-order chi connectivity index (χ1) is 6.86. The average molecular weight is 186 g/mol. The molecular weight excluding hydrogens is 180 g/mol. The lowest BCUT2D eigenvalue weighted by Gasteiger charge is -2.01. The SMILES string of the molecule is O=c1occc2occ3cccc-3c12. The maximum atomic E-state index is 11.5. The van der Waals surface area contributed by atoms with Crippen molar-refractivity contribution in [2.24, 2.45) is 0 Å². The Hall–Kier alpha value is -2.03. The number of hydrogen-bond acceptors (Lipinski definition) is 3. The predicted octanol–water partition coefficient (Wildman–Crippen LogP) is 2.49. The minimum Gasteiger partial charge on any atom is -0.463 e. The minimum atomic E-state index is -0.358. The molecule has 14 heavy (non-hydrogen) atoms. The van der Waals surface area contributed by atoms with E-state index in [0.29, 0.717) is 11.0 Å².